The van der Waals surface area contributed by atoms with Gasteiger partial charge in [0.2, 0.25) is 11.8 Å². The van der Waals surface area contributed by atoms with E-state index in [1.807, 2.05) is 26.0 Å². The van der Waals surface area contributed by atoms with Crippen LogP contribution in [0.3, 0.4) is 0 Å². The van der Waals surface area contributed by atoms with Crippen LogP contribution in [0.4, 0.5) is 5.69 Å². The monoisotopic (exact) mass is 418 g/mol. The van der Waals surface area contributed by atoms with E-state index in [4.69, 9.17) is 0 Å². The van der Waals surface area contributed by atoms with Gasteiger partial charge in [0.25, 0.3) is 5.56 Å². The van der Waals surface area contributed by atoms with Crippen molar-refractivity contribution in [2.24, 2.45) is 19.1 Å². The van der Waals surface area contributed by atoms with E-state index in [1.54, 1.807) is 12.1 Å². The minimum absolute atomic E-state index is 0.0276. The summed E-state index contributed by atoms with van der Waals surface area (Å²) in [7, 11) is 2.70. The number of unbranched alkanes of at least 4 members (excludes halogenated alkanes) is 1. The van der Waals surface area contributed by atoms with Crippen LogP contribution in [0.15, 0.2) is 38.8 Å². The average Bonchev–Trinajstić information content (AvgIpc) is 2.70. The number of benzene rings is 1. The summed E-state index contributed by atoms with van der Waals surface area (Å²) < 4.78 is 1.88. The minimum Gasteiger partial charge on any atom is -0.494 e. The largest absolute Gasteiger partial charge is 0.494 e. The molecule has 0 atom stereocenters. The lowest BCUT2D eigenvalue weighted by atomic mass is 10.2. The third-order valence-corrected chi connectivity index (χ3v) is 5.28. The van der Waals surface area contributed by atoms with Crippen molar-refractivity contribution in [1.29, 1.82) is 0 Å². The maximum Gasteiger partial charge on any atom is 0.333 e. The van der Waals surface area contributed by atoms with Crippen LogP contribution in [0.25, 0.3) is 0 Å². The Morgan fingerprint density at radius 2 is 1.83 bits per heavy atom. The van der Waals surface area contributed by atoms with E-state index in [1.165, 1.54) is 14.1 Å². The molecule has 9 heteroatoms. The number of thioether (sulfide) groups is 1. The molecule has 0 radical (unpaired) electrons. The minimum atomic E-state index is -0.671. The molecule has 2 aromatic rings. The Morgan fingerprint density at radius 3 is 2.45 bits per heavy atom. The lowest BCUT2D eigenvalue weighted by Crippen LogP contribution is -2.39. The Kier molecular flexibility index (Phi) is 7.83. The zero-order valence-electron chi connectivity index (χ0n) is 17.1. The molecule has 1 aromatic carbocycles. The summed E-state index contributed by atoms with van der Waals surface area (Å²) in [6.45, 7) is 4.55. The standard InChI is InChI=1S/C20H26N4O4S/c1-5-6-11-21-15(25)12-29-17(22-14-9-7-13(2)8-10-14)16-18(26)23(3)20(28)24(4)19(16)27/h7-10,26H,5-6,11-12H2,1-4H3,(H,21,25). The molecule has 0 fully saturated rings. The topological polar surface area (TPSA) is 106 Å². The number of hydrogen-bond acceptors (Lipinski definition) is 6. The summed E-state index contributed by atoms with van der Waals surface area (Å²) >= 11 is 1.04. The van der Waals surface area contributed by atoms with Crippen molar-refractivity contribution < 1.29 is 9.90 Å². The third-order valence-electron chi connectivity index (χ3n) is 4.30. The quantitative estimate of drug-likeness (QED) is 0.405. The van der Waals surface area contributed by atoms with Gasteiger partial charge >= 0.3 is 5.69 Å². The molecule has 0 spiro atoms. The normalized spacial score (nSPS) is 11.5. The predicted molar refractivity (Wildman–Crippen MR) is 116 cm³/mol. The molecule has 2 N–H and O–H groups in total. The second-order valence-electron chi connectivity index (χ2n) is 6.65. The first kappa shape index (κ1) is 22.5. The number of hydrogen-bond donors (Lipinski definition) is 2. The number of rotatable bonds is 7. The molecule has 0 aliphatic carbocycles. The van der Waals surface area contributed by atoms with Gasteiger partial charge in [0, 0.05) is 20.6 Å². The van der Waals surface area contributed by atoms with Crippen molar-refractivity contribution in [2.75, 3.05) is 12.3 Å². The summed E-state index contributed by atoms with van der Waals surface area (Å²) in [6, 6.07) is 7.30. The smallest absolute Gasteiger partial charge is 0.333 e. The first-order valence-corrected chi connectivity index (χ1v) is 10.3. The van der Waals surface area contributed by atoms with E-state index >= 15 is 0 Å². The van der Waals surface area contributed by atoms with Crippen molar-refractivity contribution in [2.45, 2.75) is 26.7 Å². The molecule has 156 valence electrons. The van der Waals surface area contributed by atoms with Gasteiger partial charge in [-0.3, -0.25) is 18.7 Å². The fourth-order valence-electron chi connectivity index (χ4n) is 2.51. The van der Waals surface area contributed by atoms with Crippen molar-refractivity contribution in [1.82, 2.24) is 14.5 Å². The fraction of sp³-hybridized carbons (Fsp3) is 0.400. The van der Waals surface area contributed by atoms with Crippen LogP contribution in [-0.2, 0) is 18.9 Å². The molecule has 1 aromatic heterocycles. The van der Waals surface area contributed by atoms with Gasteiger partial charge in [-0.15, -0.1) is 0 Å². The number of carbonyl (C=O) groups excluding carboxylic acids is 1. The predicted octanol–water partition coefficient (Wildman–Crippen LogP) is 1.83. The molecule has 29 heavy (non-hydrogen) atoms. The first-order chi connectivity index (χ1) is 13.8. The molecule has 1 heterocycles. The first-order valence-electron chi connectivity index (χ1n) is 9.30. The van der Waals surface area contributed by atoms with Gasteiger partial charge in [-0.05, 0) is 25.5 Å². The number of aliphatic imine (C=N–C) groups is 1. The van der Waals surface area contributed by atoms with Crippen molar-refractivity contribution in [3.63, 3.8) is 0 Å². The average molecular weight is 419 g/mol. The number of nitrogens with one attached hydrogen (secondary N) is 1. The molecule has 1 amide bonds. The van der Waals surface area contributed by atoms with E-state index in [-0.39, 0.29) is 22.3 Å². The van der Waals surface area contributed by atoms with Crippen molar-refractivity contribution in [3.8, 4) is 5.88 Å². The summed E-state index contributed by atoms with van der Waals surface area (Å²) in [5.74, 6) is -0.649. The SMILES string of the molecule is CCCCNC(=O)CSC(=Nc1ccc(C)cc1)c1c(O)n(C)c(=O)n(C)c1=O. The third kappa shape index (κ3) is 5.60. The Balaban J connectivity index is 2.46. The Morgan fingerprint density at radius 1 is 1.17 bits per heavy atom. The molecular weight excluding hydrogens is 392 g/mol. The Labute approximate surface area is 173 Å². The van der Waals surface area contributed by atoms with E-state index in [2.05, 4.69) is 10.3 Å². The van der Waals surface area contributed by atoms with Gasteiger partial charge in [-0.2, -0.15) is 0 Å². The van der Waals surface area contributed by atoms with Crippen LogP contribution in [0.1, 0.15) is 30.9 Å². The zero-order valence-corrected chi connectivity index (χ0v) is 17.9. The molecule has 0 aliphatic rings. The van der Waals surface area contributed by atoms with E-state index in [0.717, 1.165) is 39.3 Å². The molecular formula is C20H26N4O4S. The molecule has 2 rings (SSSR count). The van der Waals surface area contributed by atoms with E-state index < -0.39 is 17.1 Å². The van der Waals surface area contributed by atoms with Gasteiger partial charge in [-0.1, -0.05) is 42.8 Å². The van der Waals surface area contributed by atoms with Gasteiger partial charge in [0.1, 0.15) is 10.6 Å². The van der Waals surface area contributed by atoms with Crippen molar-refractivity contribution in [3.05, 3.63) is 56.2 Å². The van der Waals surface area contributed by atoms with Gasteiger partial charge in [-0.25, -0.2) is 9.79 Å². The van der Waals surface area contributed by atoms with Crippen molar-refractivity contribution >= 4 is 28.4 Å². The fourth-order valence-corrected chi connectivity index (χ4v) is 3.37. The highest BCUT2D eigenvalue weighted by molar-refractivity contribution is 8.15. The van der Waals surface area contributed by atoms with E-state index in [9.17, 15) is 19.5 Å². The van der Waals surface area contributed by atoms with Crippen LogP contribution < -0.4 is 16.6 Å². The maximum atomic E-state index is 12.7. The van der Waals surface area contributed by atoms with Crippen LogP contribution in [0.2, 0.25) is 0 Å². The highest BCUT2D eigenvalue weighted by Crippen LogP contribution is 2.23. The van der Waals surface area contributed by atoms with E-state index in [0.29, 0.717) is 12.2 Å². The molecule has 0 saturated carbocycles. The van der Waals surface area contributed by atoms with Crippen LogP contribution in [-0.4, -0.2) is 37.5 Å². The summed E-state index contributed by atoms with van der Waals surface area (Å²) in [6.07, 6.45) is 1.85. The number of aromatic nitrogens is 2. The van der Waals surface area contributed by atoms with Gasteiger partial charge in [0.15, 0.2) is 0 Å². The number of aromatic hydroxyl groups is 1. The lowest BCUT2D eigenvalue weighted by Gasteiger charge is -2.12. The van der Waals surface area contributed by atoms with Crippen LogP contribution in [0, 0.1) is 6.92 Å². The zero-order chi connectivity index (χ0) is 21.6. The number of carbonyl (C=O) groups is 1. The number of nitrogens with zero attached hydrogens (tertiary/aromatic N) is 3. The Hall–Kier alpha value is -2.81. The van der Waals surface area contributed by atoms with Crippen LogP contribution in [0.5, 0.6) is 5.88 Å². The Bertz CT molecular complexity index is 1020. The lowest BCUT2D eigenvalue weighted by molar-refractivity contribution is -0.118. The number of aryl methyl sites for hydroxylation is 1. The molecule has 0 aliphatic heterocycles. The second-order valence-corrected chi connectivity index (χ2v) is 7.61. The second kappa shape index (κ2) is 10.1. The molecule has 0 bridgehead atoms. The number of amides is 1. The molecule has 0 saturated heterocycles. The summed E-state index contributed by atoms with van der Waals surface area (Å²) in [5.41, 5.74) is 0.194. The summed E-state index contributed by atoms with van der Waals surface area (Å²) in [4.78, 5) is 41.4. The van der Waals surface area contributed by atoms with Gasteiger partial charge in [0.05, 0.1) is 11.4 Å². The maximum absolute atomic E-state index is 12.7. The molecule has 8 nitrogen and oxygen atoms in total. The van der Waals surface area contributed by atoms with Crippen LogP contribution >= 0.6 is 11.8 Å². The highest BCUT2D eigenvalue weighted by atomic mass is 32.2. The molecule has 0 unspecified atom stereocenters. The van der Waals surface area contributed by atoms with Gasteiger partial charge < -0.3 is 10.4 Å². The highest BCUT2D eigenvalue weighted by Gasteiger charge is 2.21. The summed E-state index contributed by atoms with van der Waals surface area (Å²) in [5, 5.41) is 13.5.